The van der Waals surface area contributed by atoms with Crippen LogP contribution in [0.2, 0.25) is 0 Å². The lowest BCUT2D eigenvalue weighted by molar-refractivity contribution is 1.33. The average Bonchev–Trinajstić information content (AvgIpc) is 3.13. The van der Waals surface area contributed by atoms with Crippen LogP contribution in [0.4, 0.5) is 0 Å². The SMILES string of the molecule is N/C=C(\C=C/Cc1c2ccccc2c(-c2cccc3ccccc23)c2ccc(-c3ccccc3)cc12)c1cccc2ccccc12. The molecule has 0 atom stereocenters. The second-order valence-electron chi connectivity index (χ2n) is 11.8. The van der Waals surface area contributed by atoms with Crippen LogP contribution in [-0.2, 0) is 6.42 Å². The second kappa shape index (κ2) is 11.9. The van der Waals surface area contributed by atoms with Crippen LogP contribution in [-0.4, -0.2) is 0 Å². The minimum atomic E-state index is 0.771. The molecule has 0 fully saturated rings. The number of benzene rings is 8. The molecule has 8 aromatic rings. The van der Waals surface area contributed by atoms with Crippen molar-refractivity contribution in [3.05, 3.63) is 187 Å². The van der Waals surface area contributed by atoms with Gasteiger partial charge >= 0.3 is 0 Å². The predicted octanol–water partition coefficient (Wildman–Crippen LogP) is 11.7. The van der Waals surface area contributed by atoms with Crippen molar-refractivity contribution in [2.24, 2.45) is 5.73 Å². The van der Waals surface area contributed by atoms with E-state index in [1.165, 1.54) is 70.9 Å². The molecule has 0 heterocycles. The summed E-state index contributed by atoms with van der Waals surface area (Å²) >= 11 is 0. The van der Waals surface area contributed by atoms with Gasteiger partial charge in [-0.1, -0.05) is 164 Å². The first-order chi connectivity index (χ1) is 22.8. The van der Waals surface area contributed by atoms with Gasteiger partial charge in [-0.05, 0) is 94.5 Å². The molecule has 1 nitrogen and oxygen atoms in total. The third kappa shape index (κ3) is 4.83. The molecule has 1 heteroatoms. The fourth-order valence-corrected chi connectivity index (χ4v) is 7.05. The zero-order valence-electron chi connectivity index (χ0n) is 25.5. The van der Waals surface area contributed by atoms with Crippen molar-refractivity contribution < 1.29 is 0 Å². The van der Waals surface area contributed by atoms with Gasteiger partial charge in [0.1, 0.15) is 0 Å². The third-order valence-corrected chi connectivity index (χ3v) is 9.20. The van der Waals surface area contributed by atoms with Crippen LogP contribution >= 0.6 is 0 Å². The zero-order chi connectivity index (χ0) is 30.9. The second-order valence-corrected chi connectivity index (χ2v) is 11.8. The highest BCUT2D eigenvalue weighted by molar-refractivity contribution is 6.19. The highest BCUT2D eigenvalue weighted by atomic mass is 14.5. The Morgan fingerprint density at radius 1 is 0.478 bits per heavy atom. The van der Waals surface area contributed by atoms with Crippen molar-refractivity contribution >= 4 is 48.7 Å². The maximum Gasteiger partial charge on any atom is 0.00177 e. The van der Waals surface area contributed by atoms with E-state index in [1.807, 2.05) is 0 Å². The van der Waals surface area contributed by atoms with E-state index in [0.29, 0.717) is 0 Å². The number of hydrogen-bond acceptors (Lipinski definition) is 1. The number of fused-ring (bicyclic) bond motifs is 4. The molecule has 0 aromatic heterocycles. The highest BCUT2D eigenvalue weighted by Gasteiger charge is 2.17. The third-order valence-electron chi connectivity index (χ3n) is 9.20. The summed E-state index contributed by atoms with van der Waals surface area (Å²) in [5, 5.41) is 10.0. The van der Waals surface area contributed by atoms with E-state index in [9.17, 15) is 0 Å². The fraction of sp³-hybridized carbons (Fsp3) is 0.0222. The first-order valence-electron chi connectivity index (χ1n) is 15.9. The fourth-order valence-electron chi connectivity index (χ4n) is 7.05. The largest absolute Gasteiger partial charge is 0.404 e. The Balaban J connectivity index is 1.34. The maximum atomic E-state index is 6.26. The van der Waals surface area contributed by atoms with Crippen molar-refractivity contribution in [3.8, 4) is 22.3 Å². The van der Waals surface area contributed by atoms with Gasteiger partial charge in [0.2, 0.25) is 0 Å². The molecular weight excluding hydrogens is 555 g/mol. The summed E-state index contributed by atoms with van der Waals surface area (Å²) in [4.78, 5) is 0. The number of allylic oxidation sites excluding steroid dienone is 3. The van der Waals surface area contributed by atoms with Gasteiger partial charge < -0.3 is 5.73 Å². The Morgan fingerprint density at radius 3 is 1.87 bits per heavy atom. The van der Waals surface area contributed by atoms with Crippen LogP contribution in [0.1, 0.15) is 11.1 Å². The molecule has 8 aromatic carbocycles. The Labute approximate surface area is 269 Å². The molecule has 0 aliphatic carbocycles. The van der Waals surface area contributed by atoms with Gasteiger partial charge in [-0.25, -0.2) is 0 Å². The van der Waals surface area contributed by atoms with Crippen LogP contribution in [0.25, 0.3) is 70.9 Å². The van der Waals surface area contributed by atoms with Crippen LogP contribution in [0.5, 0.6) is 0 Å². The smallest absolute Gasteiger partial charge is 0.00177 e. The number of nitrogens with two attached hydrogens (primary N) is 1. The molecule has 0 spiro atoms. The molecule has 8 rings (SSSR count). The van der Waals surface area contributed by atoms with E-state index in [0.717, 1.165) is 17.6 Å². The lowest BCUT2D eigenvalue weighted by atomic mass is 9.84. The van der Waals surface area contributed by atoms with E-state index < -0.39 is 0 Å². The molecular formula is C45H33N. The van der Waals surface area contributed by atoms with Crippen LogP contribution in [0.3, 0.4) is 0 Å². The molecule has 0 bridgehead atoms. The molecule has 0 aliphatic heterocycles. The van der Waals surface area contributed by atoms with Crippen molar-refractivity contribution in [2.75, 3.05) is 0 Å². The summed E-state index contributed by atoms with van der Waals surface area (Å²) in [5.74, 6) is 0. The van der Waals surface area contributed by atoms with Crippen LogP contribution in [0.15, 0.2) is 176 Å². The van der Waals surface area contributed by atoms with E-state index in [4.69, 9.17) is 5.73 Å². The molecule has 218 valence electrons. The summed E-state index contributed by atoms with van der Waals surface area (Å²) in [5.41, 5.74) is 14.7. The van der Waals surface area contributed by atoms with Crippen molar-refractivity contribution in [1.82, 2.24) is 0 Å². The molecule has 0 unspecified atom stereocenters. The minimum Gasteiger partial charge on any atom is -0.404 e. The first-order valence-corrected chi connectivity index (χ1v) is 15.9. The molecule has 0 amide bonds. The predicted molar refractivity (Wildman–Crippen MR) is 199 cm³/mol. The summed E-state index contributed by atoms with van der Waals surface area (Å²) in [6.07, 6.45) is 6.95. The molecule has 46 heavy (non-hydrogen) atoms. The monoisotopic (exact) mass is 587 g/mol. The van der Waals surface area contributed by atoms with E-state index in [2.05, 4.69) is 170 Å². The number of rotatable bonds is 6. The maximum absolute atomic E-state index is 6.26. The molecule has 0 radical (unpaired) electrons. The zero-order valence-corrected chi connectivity index (χ0v) is 25.5. The van der Waals surface area contributed by atoms with Gasteiger partial charge in [-0.15, -0.1) is 0 Å². The lowest BCUT2D eigenvalue weighted by Crippen LogP contribution is -1.95. The van der Waals surface area contributed by atoms with Gasteiger partial charge in [0, 0.05) is 6.20 Å². The molecule has 0 aliphatic rings. The van der Waals surface area contributed by atoms with Gasteiger partial charge in [0.25, 0.3) is 0 Å². The minimum absolute atomic E-state index is 0.771. The van der Waals surface area contributed by atoms with Gasteiger partial charge in [0.05, 0.1) is 0 Å². The van der Waals surface area contributed by atoms with Crippen LogP contribution in [0, 0.1) is 0 Å². The van der Waals surface area contributed by atoms with Crippen molar-refractivity contribution in [1.29, 1.82) is 0 Å². The topological polar surface area (TPSA) is 26.0 Å². The van der Waals surface area contributed by atoms with E-state index in [-0.39, 0.29) is 0 Å². The normalized spacial score (nSPS) is 12.1. The van der Waals surface area contributed by atoms with Crippen molar-refractivity contribution in [2.45, 2.75) is 6.42 Å². The molecule has 2 N–H and O–H groups in total. The Hall–Kier alpha value is -5.92. The highest BCUT2D eigenvalue weighted by Crippen LogP contribution is 2.43. The number of hydrogen-bond donors (Lipinski definition) is 1. The first kappa shape index (κ1) is 27.6. The lowest BCUT2D eigenvalue weighted by Gasteiger charge is -2.19. The van der Waals surface area contributed by atoms with Crippen LogP contribution < -0.4 is 5.73 Å². The standard InChI is InChI=1S/C45H33N/c46-30-35(38-24-10-17-32-15-4-6-20-36(32)38)19-12-25-40-39-22-8-9-23-42(39)45(41-26-11-18-33-16-5-7-21-37(33)41)43-28-27-34(29-44(40)43)31-13-2-1-3-14-31/h1-24,26-30H,25,46H2/b19-12-,35-30+. The Kier molecular flexibility index (Phi) is 7.13. The van der Waals surface area contributed by atoms with Gasteiger partial charge in [-0.3, -0.25) is 0 Å². The van der Waals surface area contributed by atoms with E-state index >= 15 is 0 Å². The van der Waals surface area contributed by atoms with Gasteiger partial charge in [-0.2, -0.15) is 0 Å². The summed E-state index contributed by atoms with van der Waals surface area (Å²) in [6.45, 7) is 0. The summed E-state index contributed by atoms with van der Waals surface area (Å²) in [6, 6.07) is 56.8. The summed E-state index contributed by atoms with van der Waals surface area (Å²) in [7, 11) is 0. The average molecular weight is 588 g/mol. The quantitative estimate of drug-likeness (QED) is 0.152. The molecule has 0 saturated carbocycles. The summed E-state index contributed by atoms with van der Waals surface area (Å²) < 4.78 is 0. The Bertz CT molecular complexity index is 2440. The Morgan fingerprint density at radius 2 is 1.09 bits per heavy atom. The van der Waals surface area contributed by atoms with Gasteiger partial charge in [0.15, 0.2) is 0 Å². The van der Waals surface area contributed by atoms with E-state index in [1.54, 1.807) is 6.20 Å². The van der Waals surface area contributed by atoms with Crippen molar-refractivity contribution in [3.63, 3.8) is 0 Å². The molecule has 0 saturated heterocycles.